The van der Waals surface area contributed by atoms with E-state index in [0.29, 0.717) is 11.2 Å². The third-order valence-corrected chi connectivity index (χ3v) is 5.59. The Balaban J connectivity index is 1.82. The number of hydrogen-bond acceptors (Lipinski definition) is 5. The first-order valence-corrected chi connectivity index (χ1v) is 8.11. The van der Waals surface area contributed by atoms with Crippen LogP contribution in [-0.4, -0.2) is 34.2 Å². The second-order valence-electron chi connectivity index (χ2n) is 4.86. The van der Waals surface area contributed by atoms with Gasteiger partial charge in [0.15, 0.2) is 5.13 Å². The van der Waals surface area contributed by atoms with Crippen molar-refractivity contribution >= 4 is 28.2 Å². The van der Waals surface area contributed by atoms with Gasteiger partial charge < -0.3 is 10.0 Å². The van der Waals surface area contributed by atoms with E-state index in [1.165, 1.54) is 24.3 Å². The maximum Gasteiger partial charge on any atom is 0.185 e. The predicted molar refractivity (Wildman–Crippen MR) is 74.1 cm³/mol. The van der Waals surface area contributed by atoms with E-state index in [1.54, 1.807) is 11.3 Å². The van der Waals surface area contributed by atoms with Gasteiger partial charge in [0.1, 0.15) is 0 Å². The van der Waals surface area contributed by atoms with Gasteiger partial charge in [0, 0.05) is 30.0 Å². The summed E-state index contributed by atoms with van der Waals surface area (Å²) in [6, 6.07) is 0. The molecule has 2 aliphatic rings. The lowest BCUT2D eigenvalue weighted by Crippen LogP contribution is -2.36. The minimum absolute atomic E-state index is 0.154. The lowest BCUT2D eigenvalue weighted by atomic mass is 10.2. The number of anilines is 1. The van der Waals surface area contributed by atoms with Gasteiger partial charge in [0.2, 0.25) is 0 Å². The van der Waals surface area contributed by atoms with Crippen molar-refractivity contribution in [1.29, 1.82) is 0 Å². The summed E-state index contributed by atoms with van der Waals surface area (Å²) in [6.45, 7) is 4.62. The summed E-state index contributed by atoms with van der Waals surface area (Å²) < 4.78 is 0. The van der Waals surface area contributed by atoms with Crippen LogP contribution in [0.1, 0.15) is 36.3 Å². The number of aromatic nitrogens is 1. The van der Waals surface area contributed by atoms with Gasteiger partial charge in [-0.25, -0.2) is 4.98 Å². The van der Waals surface area contributed by atoms with E-state index < -0.39 is 0 Å². The Morgan fingerprint density at radius 1 is 1.47 bits per heavy atom. The van der Waals surface area contributed by atoms with Crippen LogP contribution in [0.25, 0.3) is 0 Å². The van der Waals surface area contributed by atoms with Crippen LogP contribution in [0.15, 0.2) is 0 Å². The van der Waals surface area contributed by atoms with Crippen LogP contribution in [0.3, 0.4) is 0 Å². The zero-order valence-electron chi connectivity index (χ0n) is 10.1. The molecular weight excluding hydrogens is 252 g/mol. The van der Waals surface area contributed by atoms with Crippen molar-refractivity contribution < 1.29 is 5.11 Å². The molecule has 3 nitrogen and oxygen atoms in total. The van der Waals surface area contributed by atoms with E-state index >= 15 is 0 Å². The number of nitrogens with zero attached hydrogens (tertiary/aromatic N) is 2. The Morgan fingerprint density at radius 3 is 2.94 bits per heavy atom. The highest BCUT2D eigenvalue weighted by Gasteiger charge is 2.30. The van der Waals surface area contributed by atoms with Crippen molar-refractivity contribution in [2.75, 3.05) is 23.7 Å². The zero-order chi connectivity index (χ0) is 11.8. The first-order valence-electron chi connectivity index (χ1n) is 6.25. The Labute approximate surface area is 110 Å². The lowest BCUT2D eigenvalue weighted by Gasteiger charge is -2.30. The Morgan fingerprint density at radius 2 is 2.29 bits per heavy atom. The Kier molecular flexibility index (Phi) is 3.32. The minimum Gasteiger partial charge on any atom is -0.391 e. The molecule has 1 atom stereocenters. The van der Waals surface area contributed by atoms with Crippen molar-refractivity contribution in [2.45, 2.75) is 37.5 Å². The van der Waals surface area contributed by atoms with Crippen LogP contribution in [0.5, 0.6) is 0 Å². The van der Waals surface area contributed by atoms with E-state index in [4.69, 9.17) is 4.98 Å². The summed E-state index contributed by atoms with van der Waals surface area (Å²) >= 11 is 3.73. The summed E-state index contributed by atoms with van der Waals surface area (Å²) in [4.78, 5) is 8.25. The molecule has 3 rings (SSSR count). The number of aliphatic hydroxyl groups is 1. The van der Waals surface area contributed by atoms with Gasteiger partial charge in [-0.3, -0.25) is 0 Å². The molecule has 0 spiro atoms. The molecule has 1 N–H and O–H groups in total. The van der Waals surface area contributed by atoms with Crippen LogP contribution < -0.4 is 4.90 Å². The Hall–Kier alpha value is -0.260. The van der Waals surface area contributed by atoms with E-state index in [2.05, 4.69) is 11.8 Å². The zero-order valence-corrected chi connectivity index (χ0v) is 11.7. The normalized spacial score (nSPS) is 25.3. The van der Waals surface area contributed by atoms with Gasteiger partial charge in [-0.15, -0.1) is 0 Å². The first kappa shape index (κ1) is 11.8. The fourth-order valence-corrected chi connectivity index (χ4v) is 4.32. The van der Waals surface area contributed by atoms with Crippen molar-refractivity contribution in [3.63, 3.8) is 0 Å². The topological polar surface area (TPSA) is 36.4 Å². The maximum absolute atomic E-state index is 9.41. The third kappa shape index (κ3) is 2.46. The van der Waals surface area contributed by atoms with Crippen molar-refractivity contribution in [2.24, 2.45) is 0 Å². The second kappa shape index (κ2) is 4.78. The number of thiazole rings is 1. The van der Waals surface area contributed by atoms with E-state index in [1.807, 2.05) is 11.8 Å². The van der Waals surface area contributed by atoms with Crippen molar-refractivity contribution in [3.8, 4) is 0 Å². The molecule has 1 unspecified atom stereocenters. The average Bonchev–Trinajstić information content (AvgIpc) is 3.08. The standard InChI is InChI=1S/C12H18N2OS2/c1-8-6-14(4-5-16-8)12-13-11(9-2-3-9)10(7-15)17-12/h8-9,15H,2-7H2,1H3. The number of thioether (sulfide) groups is 1. The molecule has 0 amide bonds. The van der Waals surface area contributed by atoms with Crippen LogP contribution in [0.2, 0.25) is 0 Å². The molecule has 0 radical (unpaired) electrons. The molecule has 1 saturated carbocycles. The highest BCUT2D eigenvalue weighted by atomic mass is 32.2. The minimum atomic E-state index is 0.154. The average molecular weight is 270 g/mol. The maximum atomic E-state index is 9.41. The highest BCUT2D eigenvalue weighted by molar-refractivity contribution is 8.00. The van der Waals surface area contributed by atoms with Crippen LogP contribution in [0.4, 0.5) is 5.13 Å². The summed E-state index contributed by atoms with van der Waals surface area (Å²) in [7, 11) is 0. The molecule has 0 aromatic carbocycles. The van der Waals surface area contributed by atoms with E-state index in [9.17, 15) is 5.11 Å². The molecule has 17 heavy (non-hydrogen) atoms. The van der Waals surface area contributed by atoms with Gasteiger partial charge in [-0.05, 0) is 12.8 Å². The smallest absolute Gasteiger partial charge is 0.185 e. The molecule has 1 aliphatic heterocycles. The molecule has 1 aliphatic carbocycles. The van der Waals surface area contributed by atoms with Crippen molar-refractivity contribution in [1.82, 2.24) is 4.98 Å². The van der Waals surface area contributed by atoms with Gasteiger partial charge >= 0.3 is 0 Å². The summed E-state index contributed by atoms with van der Waals surface area (Å²) in [5.41, 5.74) is 1.18. The Bertz CT molecular complexity index is 403. The summed E-state index contributed by atoms with van der Waals surface area (Å²) in [6.07, 6.45) is 2.50. The summed E-state index contributed by atoms with van der Waals surface area (Å²) in [5.74, 6) is 1.83. The van der Waals surface area contributed by atoms with Crippen molar-refractivity contribution in [3.05, 3.63) is 10.6 Å². The third-order valence-electron chi connectivity index (χ3n) is 3.34. The quantitative estimate of drug-likeness (QED) is 0.915. The monoisotopic (exact) mass is 270 g/mol. The molecular formula is C12H18N2OS2. The summed E-state index contributed by atoms with van der Waals surface area (Å²) in [5, 5.41) is 11.2. The van der Waals surface area contributed by atoms with Gasteiger partial charge in [0.25, 0.3) is 0 Å². The fraction of sp³-hybridized carbons (Fsp3) is 0.750. The van der Waals surface area contributed by atoms with E-state index in [0.717, 1.165) is 23.1 Å². The van der Waals surface area contributed by atoms with Gasteiger partial charge in [0.05, 0.1) is 17.2 Å². The molecule has 1 saturated heterocycles. The molecule has 1 aromatic heterocycles. The number of aliphatic hydroxyl groups excluding tert-OH is 1. The molecule has 94 valence electrons. The highest BCUT2D eigenvalue weighted by Crippen LogP contribution is 2.44. The molecule has 1 aromatic rings. The molecule has 2 fully saturated rings. The van der Waals surface area contributed by atoms with Crippen LogP contribution in [-0.2, 0) is 6.61 Å². The first-order chi connectivity index (χ1) is 8.28. The lowest BCUT2D eigenvalue weighted by molar-refractivity contribution is 0.284. The van der Waals surface area contributed by atoms with Crippen LogP contribution in [0, 0.1) is 0 Å². The second-order valence-corrected chi connectivity index (χ2v) is 7.47. The fourth-order valence-electron chi connectivity index (χ4n) is 2.27. The largest absolute Gasteiger partial charge is 0.391 e. The van der Waals surface area contributed by atoms with Crippen LogP contribution >= 0.6 is 23.1 Å². The molecule has 0 bridgehead atoms. The molecule has 2 heterocycles. The SMILES string of the molecule is CC1CN(c2nc(C3CC3)c(CO)s2)CCS1. The molecule has 5 heteroatoms. The number of rotatable bonds is 3. The number of hydrogen-bond donors (Lipinski definition) is 1. The van der Waals surface area contributed by atoms with Gasteiger partial charge in [-0.2, -0.15) is 11.8 Å². The predicted octanol–water partition coefficient (Wildman–Crippen LogP) is 2.45. The van der Waals surface area contributed by atoms with E-state index in [-0.39, 0.29) is 6.61 Å². The van der Waals surface area contributed by atoms with Gasteiger partial charge in [-0.1, -0.05) is 18.3 Å².